The van der Waals surface area contributed by atoms with Crippen molar-refractivity contribution in [2.75, 3.05) is 19.3 Å². The number of hydrogen-bond donors (Lipinski definition) is 1. The molecule has 1 amide bonds. The van der Waals surface area contributed by atoms with Gasteiger partial charge in [-0.2, -0.15) is 9.40 Å². The van der Waals surface area contributed by atoms with Crippen molar-refractivity contribution in [3.05, 3.63) is 28.2 Å². The summed E-state index contributed by atoms with van der Waals surface area (Å²) in [5, 5.41) is 6.90. The molecule has 8 nitrogen and oxygen atoms in total. The van der Waals surface area contributed by atoms with Crippen LogP contribution in [0.5, 0.6) is 0 Å². The van der Waals surface area contributed by atoms with Gasteiger partial charge < -0.3 is 5.32 Å². The fourth-order valence-electron chi connectivity index (χ4n) is 2.94. The predicted molar refractivity (Wildman–Crippen MR) is 89.9 cm³/mol. The molecule has 1 aliphatic rings. The van der Waals surface area contributed by atoms with E-state index in [2.05, 4.69) is 10.4 Å². The Morgan fingerprint density at radius 3 is 2.62 bits per heavy atom. The van der Waals surface area contributed by atoms with Gasteiger partial charge in [-0.25, -0.2) is 13.1 Å². The molecule has 0 unspecified atom stereocenters. The lowest BCUT2D eigenvalue weighted by molar-refractivity contribution is -0.122. The molecule has 2 atom stereocenters. The maximum Gasteiger partial charge on any atom is 0.267 e. The van der Waals surface area contributed by atoms with Gasteiger partial charge in [0.1, 0.15) is 6.54 Å². The van der Waals surface area contributed by atoms with Crippen LogP contribution >= 0.6 is 0 Å². The van der Waals surface area contributed by atoms with Crippen molar-refractivity contribution in [2.45, 2.75) is 33.4 Å². The lowest BCUT2D eigenvalue weighted by Gasteiger charge is -2.22. The number of amides is 1. The molecule has 1 fully saturated rings. The highest BCUT2D eigenvalue weighted by Gasteiger charge is 2.39. The molecule has 0 spiro atoms. The van der Waals surface area contributed by atoms with E-state index >= 15 is 0 Å². The molecule has 0 saturated carbocycles. The van der Waals surface area contributed by atoms with Crippen LogP contribution in [0.2, 0.25) is 0 Å². The van der Waals surface area contributed by atoms with Gasteiger partial charge in [0, 0.05) is 25.2 Å². The highest BCUT2D eigenvalue weighted by molar-refractivity contribution is 7.88. The van der Waals surface area contributed by atoms with Crippen molar-refractivity contribution in [1.29, 1.82) is 0 Å². The van der Waals surface area contributed by atoms with Gasteiger partial charge >= 0.3 is 0 Å². The number of sulfonamides is 1. The molecule has 0 aromatic carbocycles. The van der Waals surface area contributed by atoms with Crippen molar-refractivity contribution in [1.82, 2.24) is 19.4 Å². The summed E-state index contributed by atoms with van der Waals surface area (Å²) in [5.41, 5.74) is 0.298. The molecular formula is C15H24N4O4S. The van der Waals surface area contributed by atoms with Crippen LogP contribution in [0.4, 0.5) is 0 Å². The Hall–Kier alpha value is -1.74. The number of carbonyl (C=O) groups excluding carboxylic acids is 1. The van der Waals surface area contributed by atoms with Crippen LogP contribution in [-0.2, 0) is 21.4 Å². The first kappa shape index (κ1) is 18.6. The number of carbonyl (C=O) groups is 1. The Kier molecular flexibility index (Phi) is 5.44. The zero-order valence-electron chi connectivity index (χ0n) is 14.4. The molecule has 2 rings (SSSR count). The average Bonchev–Trinajstić information content (AvgIpc) is 2.87. The van der Waals surface area contributed by atoms with Gasteiger partial charge in [0.15, 0.2) is 0 Å². The van der Waals surface area contributed by atoms with Gasteiger partial charge in [-0.1, -0.05) is 13.8 Å². The Bertz CT molecular complexity index is 772. The minimum Gasteiger partial charge on any atom is -0.350 e. The van der Waals surface area contributed by atoms with E-state index in [1.807, 2.05) is 13.8 Å². The summed E-state index contributed by atoms with van der Waals surface area (Å²) in [7, 11) is -3.29. The van der Waals surface area contributed by atoms with E-state index in [1.54, 1.807) is 13.0 Å². The number of rotatable bonds is 5. The van der Waals surface area contributed by atoms with Crippen molar-refractivity contribution in [2.24, 2.45) is 11.8 Å². The third kappa shape index (κ3) is 4.41. The molecule has 9 heteroatoms. The Morgan fingerprint density at radius 1 is 1.38 bits per heavy atom. The molecule has 1 aromatic rings. The van der Waals surface area contributed by atoms with E-state index < -0.39 is 10.0 Å². The van der Waals surface area contributed by atoms with Gasteiger partial charge in [-0.3, -0.25) is 9.59 Å². The molecule has 2 heterocycles. The van der Waals surface area contributed by atoms with Gasteiger partial charge in [-0.05, 0) is 24.8 Å². The first-order chi connectivity index (χ1) is 11.1. The number of aromatic nitrogens is 2. The second kappa shape index (κ2) is 7.02. The number of nitrogens with one attached hydrogen (secondary N) is 1. The van der Waals surface area contributed by atoms with Gasteiger partial charge in [0.05, 0.1) is 11.9 Å². The number of aryl methyl sites for hydroxylation is 1. The van der Waals surface area contributed by atoms with Gasteiger partial charge in [-0.15, -0.1) is 0 Å². The Morgan fingerprint density at radius 2 is 2.04 bits per heavy atom. The smallest absolute Gasteiger partial charge is 0.267 e. The zero-order valence-corrected chi connectivity index (χ0v) is 15.2. The highest BCUT2D eigenvalue weighted by atomic mass is 32.2. The third-order valence-electron chi connectivity index (χ3n) is 4.30. The van der Waals surface area contributed by atoms with Crippen LogP contribution in [-0.4, -0.2) is 53.8 Å². The van der Waals surface area contributed by atoms with Crippen LogP contribution in [0.3, 0.4) is 0 Å². The SMILES string of the molecule is Cc1ccc(=O)n(CC(=O)N[C@H]2CN(S(C)(=O)=O)C[C@@H]2C(C)C)n1. The molecule has 0 radical (unpaired) electrons. The minimum atomic E-state index is -3.29. The van der Waals surface area contributed by atoms with Crippen LogP contribution in [0.25, 0.3) is 0 Å². The van der Waals surface area contributed by atoms with Crippen molar-refractivity contribution >= 4 is 15.9 Å². The summed E-state index contributed by atoms with van der Waals surface area (Å²) >= 11 is 0. The minimum absolute atomic E-state index is 0.0332. The Labute approximate surface area is 141 Å². The number of hydrogen-bond acceptors (Lipinski definition) is 5. The van der Waals surface area contributed by atoms with Crippen molar-refractivity contribution < 1.29 is 13.2 Å². The lowest BCUT2D eigenvalue weighted by atomic mass is 9.91. The second-order valence-electron chi connectivity index (χ2n) is 6.63. The highest BCUT2D eigenvalue weighted by Crippen LogP contribution is 2.26. The first-order valence-corrected chi connectivity index (χ1v) is 9.72. The fourth-order valence-corrected chi connectivity index (χ4v) is 3.82. The maximum absolute atomic E-state index is 12.3. The maximum atomic E-state index is 12.3. The van der Waals surface area contributed by atoms with E-state index in [0.717, 1.165) is 4.68 Å². The topological polar surface area (TPSA) is 101 Å². The largest absolute Gasteiger partial charge is 0.350 e. The van der Waals surface area contributed by atoms with Crippen LogP contribution in [0.15, 0.2) is 16.9 Å². The van der Waals surface area contributed by atoms with Gasteiger partial charge in [0.2, 0.25) is 15.9 Å². The standard InChI is InChI=1S/C15H24N4O4S/c1-10(2)12-7-18(24(4,22)23)8-13(12)16-14(20)9-19-15(21)6-5-11(3)17-19/h5-6,10,12-13H,7-9H2,1-4H3,(H,16,20)/t12-,13+/m1/s1. The molecule has 0 bridgehead atoms. The van der Waals surface area contributed by atoms with Crippen LogP contribution in [0, 0.1) is 18.8 Å². The van der Waals surface area contributed by atoms with E-state index in [4.69, 9.17) is 0 Å². The van der Waals surface area contributed by atoms with E-state index in [0.29, 0.717) is 12.2 Å². The van der Waals surface area contributed by atoms with Crippen molar-refractivity contribution in [3.8, 4) is 0 Å². The summed E-state index contributed by atoms with van der Waals surface area (Å²) in [5.74, 6) is -0.0890. The molecule has 1 N–H and O–H groups in total. The summed E-state index contributed by atoms with van der Waals surface area (Å²) < 4.78 is 26.0. The summed E-state index contributed by atoms with van der Waals surface area (Å²) in [6.07, 6.45) is 1.17. The summed E-state index contributed by atoms with van der Waals surface area (Å²) in [6.45, 7) is 6.21. The van der Waals surface area contributed by atoms with E-state index in [9.17, 15) is 18.0 Å². The van der Waals surface area contributed by atoms with E-state index in [1.165, 1.54) is 16.6 Å². The molecule has 134 valence electrons. The average molecular weight is 356 g/mol. The van der Waals surface area contributed by atoms with Crippen molar-refractivity contribution in [3.63, 3.8) is 0 Å². The monoisotopic (exact) mass is 356 g/mol. The molecule has 24 heavy (non-hydrogen) atoms. The third-order valence-corrected chi connectivity index (χ3v) is 5.53. The molecular weight excluding hydrogens is 332 g/mol. The quantitative estimate of drug-likeness (QED) is 0.772. The predicted octanol–water partition coefficient (Wildman–Crippen LogP) is -0.416. The molecule has 1 aliphatic heterocycles. The molecule has 1 saturated heterocycles. The fraction of sp³-hybridized carbons (Fsp3) is 0.667. The van der Waals surface area contributed by atoms with Gasteiger partial charge in [0.25, 0.3) is 5.56 Å². The molecule has 1 aromatic heterocycles. The second-order valence-corrected chi connectivity index (χ2v) is 8.61. The Balaban J connectivity index is 2.09. The summed E-state index contributed by atoms with van der Waals surface area (Å²) in [6, 6.07) is 2.69. The van der Waals surface area contributed by atoms with E-state index in [-0.39, 0.29) is 42.4 Å². The summed E-state index contributed by atoms with van der Waals surface area (Å²) in [4.78, 5) is 24.0. The van der Waals surface area contributed by atoms with Crippen LogP contribution < -0.4 is 10.9 Å². The lowest BCUT2D eigenvalue weighted by Crippen LogP contribution is -2.44. The van der Waals surface area contributed by atoms with Crippen LogP contribution in [0.1, 0.15) is 19.5 Å². The number of nitrogens with zero attached hydrogens (tertiary/aromatic N) is 3. The zero-order chi connectivity index (χ0) is 18.1. The molecule has 0 aliphatic carbocycles. The normalized spacial score (nSPS) is 22.0. The first-order valence-electron chi connectivity index (χ1n) is 7.87.